The van der Waals surface area contributed by atoms with Crippen molar-refractivity contribution in [3.63, 3.8) is 0 Å². The summed E-state index contributed by atoms with van der Waals surface area (Å²) in [6, 6.07) is 7.14. The smallest absolute Gasteiger partial charge is 0.207 e. The third kappa shape index (κ3) is 1.87. The van der Waals surface area contributed by atoms with Crippen LogP contribution in [-0.4, -0.2) is 11.5 Å². The Morgan fingerprint density at radius 1 is 1.50 bits per heavy atom. The number of nitrogens with one attached hydrogen (secondary N) is 1. The van der Waals surface area contributed by atoms with E-state index in [4.69, 9.17) is 0 Å². The molecule has 0 bridgehead atoms. The lowest BCUT2D eigenvalue weighted by atomic mass is 10.0. The number of phenolic OH excluding ortho intramolecular Hbond substituents is 1. The molecular formula is C11H13NO2. The predicted molar refractivity (Wildman–Crippen MR) is 52.8 cm³/mol. The van der Waals surface area contributed by atoms with Gasteiger partial charge in [-0.2, -0.15) is 0 Å². The standard InChI is InChI=1S/C11H13NO2/c13-7-12-11(8-4-5-8)9-2-1-3-10(14)6-9/h1-3,6-8,11,14H,4-5H2,(H,12,13). The molecule has 3 heteroatoms. The molecule has 0 aliphatic heterocycles. The van der Waals surface area contributed by atoms with Crippen LogP contribution in [0.25, 0.3) is 0 Å². The minimum absolute atomic E-state index is 0.0691. The molecule has 0 spiro atoms. The first-order chi connectivity index (χ1) is 6.81. The summed E-state index contributed by atoms with van der Waals surface area (Å²) in [6.45, 7) is 0. The third-order valence-electron chi connectivity index (χ3n) is 2.57. The van der Waals surface area contributed by atoms with Crippen LogP contribution in [0.2, 0.25) is 0 Å². The molecule has 2 rings (SSSR count). The van der Waals surface area contributed by atoms with Crippen LogP contribution in [0.4, 0.5) is 0 Å². The molecule has 1 aliphatic rings. The normalized spacial score (nSPS) is 17.4. The van der Waals surface area contributed by atoms with Gasteiger partial charge in [-0.3, -0.25) is 4.79 Å². The highest BCUT2D eigenvalue weighted by Gasteiger charge is 2.31. The molecule has 1 aliphatic carbocycles. The molecule has 14 heavy (non-hydrogen) atoms. The highest BCUT2D eigenvalue weighted by atomic mass is 16.3. The van der Waals surface area contributed by atoms with Gasteiger partial charge in [0.05, 0.1) is 6.04 Å². The van der Waals surface area contributed by atoms with Crippen molar-refractivity contribution in [1.82, 2.24) is 5.32 Å². The second-order valence-corrected chi connectivity index (χ2v) is 3.69. The summed E-state index contributed by atoms with van der Waals surface area (Å²) in [5.74, 6) is 0.794. The highest BCUT2D eigenvalue weighted by molar-refractivity contribution is 5.48. The van der Waals surface area contributed by atoms with Crippen LogP contribution in [-0.2, 0) is 4.79 Å². The number of amides is 1. The van der Waals surface area contributed by atoms with Crippen molar-refractivity contribution >= 4 is 6.41 Å². The summed E-state index contributed by atoms with van der Waals surface area (Å²) in [7, 11) is 0. The minimum atomic E-state index is 0.0691. The van der Waals surface area contributed by atoms with Crippen LogP contribution in [0.15, 0.2) is 24.3 Å². The van der Waals surface area contributed by atoms with Gasteiger partial charge >= 0.3 is 0 Å². The summed E-state index contributed by atoms with van der Waals surface area (Å²) < 4.78 is 0. The number of phenols is 1. The second kappa shape index (κ2) is 3.70. The molecule has 0 heterocycles. The quantitative estimate of drug-likeness (QED) is 0.710. The number of hydrogen-bond donors (Lipinski definition) is 2. The van der Waals surface area contributed by atoms with Crippen LogP contribution in [0.3, 0.4) is 0 Å². The molecule has 0 radical (unpaired) electrons. The van der Waals surface area contributed by atoms with E-state index in [-0.39, 0.29) is 11.8 Å². The lowest BCUT2D eigenvalue weighted by Gasteiger charge is -2.15. The molecule has 0 saturated heterocycles. The molecule has 1 aromatic carbocycles. The van der Waals surface area contributed by atoms with E-state index >= 15 is 0 Å². The van der Waals surface area contributed by atoms with E-state index in [1.54, 1.807) is 18.2 Å². The number of rotatable bonds is 4. The Hall–Kier alpha value is -1.51. The minimum Gasteiger partial charge on any atom is -0.508 e. The first kappa shape index (κ1) is 9.06. The molecule has 1 aromatic rings. The Bertz CT molecular complexity index is 334. The van der Waals surface area contributed by atoms with E-state index in [1.807, 2.05) is 6.07 Å². The fourth-order valence-corrected chi connectivity index (χ4v) is 1.73. The second-order valence-electron chi connectivity index (χ2n) is 3.69. The number of hydrogen-bond acceptors (Lipinski definition) is 2. The SMILES string of the molecule is O=CNC(c1cccc(O)c1)C1CC1. The van der Waals surface area contributed by atoms with Gasteiger partial charge in [-0.25, -0.2) is 0 Å². The van der Waals surface area contributed by atoms with E-state index in [2.05, 4.69) is 5.32 Å². The van der Waals surface area contributed by atoms with E-state index < -0.39 is 0 Å². The van der Waals surface area contributed by atoms with Crippen molar-refractivity contribution in [1.29, 1.82) is 0 Å². The monoisotopic (exact) mass is 191 g/mol. The largest absolute Gasteiger partial charge is 0.508 e. The van der Waals surface area contributed by atoms with Crippen molar-refractivity contribution < 1.29 is 9.90 Å². The van der Waals surface area contributed by atoms with Gasteiger partial charge in [0.15, 0.2) is 0 Å². The zero-order valence-corrected chi connectivity index (χ0v) is 7.81. The predicted octanol–water partition coefficient (Wildman–Crippen LogP) is 1.59. The lowest BCUT2D eigenvalue weighted by Crippen LogP contribution is -2.21. The third-order valence-corrected chi connectivity index (χ3v) is 2.57. The number of carbonyl (C=O) groups excluding carboxylic acids is 1. The average molecular weight is 191 g/mol. The van der Waals surface area contributed by atoms with Crippen LogP contribution in [0.1, 0.15) is 24.4 Å². The molecule has 1 unspecified atom stereocenters. The molecule has 74 valence electrons. The number of aromatic hydroxyl groups is 1. The molecular weight excluding hydrogens is 178 g/mol. The van der Waals surface area contributed by atoms with Crippen LogP contribution in [0, 0.1) is 5.92 Å². The van der Waals surface area contributed by atoms with E-state index in [9.17, 15) is 9.90 Å². The van der Waals surface area contributed by atoms with Gasteiger partial charge in [-0.15, -0.1) is 0 Å². The van der Waals surface area contributed by atoms with Gasteiger partial charge in [0.2, 0.25) is 6.41 Å². The zero-order chi connectivity index (χ0) is 9.97. The fourth-order valence-electron chi connectivity index (χ4n) is 1.73. The van der Waals surface area contributed by atoms with E-state index in [0.29, 0.717) is 5.92 Å². The first-order valence-electron chi connectivity index (χ1n) is 4.80. The Labute approximate surface area is 82.8 Å². The summed E-state index contributed by atoms with van der Waals surface area (Å²) in [5, 5.41) is 12.1. The van der Waals surface area contributed by atoms with Crippen LogP contribution >= 0.6 is 0 Å². The Kier molecular flexibility index (Phi) is 2.39. The maximum absolute atomic E-state index is 10.4. The number of carbonyl (C=O) groups is 1. The molecule has 3 nitrogen and oxygen atoms in total. The molecule has 1 amide bonds. The topological polar surface area (TPSA) is 49.3 Å². The fraction of sp³-hybridized carbons (Fsp3) is 0.364. The summed E-state index contributed by atoms with van der Waals surface area (Å²) in [6.07, 6.45) is 3.04. The summed E-state index contributed by atoms with van der Waals surface area (Å²) in [5.41, 5.74) is 0.986. The van der Waals surface area contributed by atoms with Crippen LogP contribution in [0.5, 0.6) is 5.75 Å². The molecule has 0 aromatic heterocycles. The van der Waals surface area contributed by atoms with Gasteiger partial charge in [-0.1, -0.05) is 12.1 Å². The Morgan fingerprint density at radius 3 is 2.86 bits per heavy atom. The van der Waals surface area contributed by atoms with Crippen molar-refractivity contribution in [2.75, 3.05) is 0 Å². The summed E-state index contributed by atoms with van der Waals surface area (Å²) in [4.78, 5) is 10.4. The van der Waals surface area contributed by atoms with Gasteiger partial charge in [0.25, 0.3) is 0 Å². The lowest BCUT2D eigenvalue weighted by molar-refractivity contribution is -0.110. The van der Waals surface area contributed by atoms with Crippen molar-refractivity contribution in [2.24, 2.45) is 5.92 Å². The van der Waals surface area contributed by atoms with E-state index in [1.165, 1.54) is 0 Å². The van der Waals surface area contributed by atoms with Crippen LogP contribution < -0.4 is 5.32 Å². The summed E-state index contributed by atoms with van der Waals surface area (Å²) >= 11 is 0. The van der Waals surface area contributed by atoms with Gasteiger partial charge in [-0.05, 0) is 36.5 Å². The Balaban J connectivity index is 2.20. The van der Waals surface area contributed by atoms with Gasteiger partial charge in [0, 0.05) is 0 Å². The van der Waals surface area contributed by atoms with Gasteiger partial charge < -0.3 is 10.4 Å². The van der Waals surface area contributed by atoms with Crippen molar-refractivity contribution in [3.05, 3.63) is 29.8 Å². The maximum atomic E-state index is 10.4. The molecule has 1 fully saturated rings. The Morgan fingerprint density at radius 2 is 2.29 bits per heavy atom. The molecule has 1 saturated carbocycles. The number of benzene rings is 1. The highest BCUT2D eigenvalue weighted by Crippen LogP contribution is 2.41. The van der Waals surface area contributed by atoms with Gasteiger partial charge in [0.1, 0.15) is 5.75 Å². The molecule has 1 atom stereocenters. The van der Waals surface area contributed by atoms with E-state index in [0.717, 1.165) is 24.8 Å². The zero-order valence-electron chi connectivity index (χ0n) is 7.81. The first-order valence-corrected chi connectivity index (χ1v) is 4.80. The van der Waals surface area contributed by atoms with Crippen molar-refractivity contribution in [2.45, 2.75) is 18.9 Å². The average Bonchev–Trinajstić information content (AvgIpc) is 2.97. The maximum Gasteiger partial charge on any atom is 0.207 e. The van der Waals surface area contributed by atoms with Crippen molar-refractivity contribution in [3.8, 4) is 5.75 Å². The molecule has 2 N–H and O–H groups in total.